The third-order valence-electron chi connectivity index (χ3n) is 5.93. The second-order valence-electron chi connectivity index (χ2n) is 8.52. The third kappa shape index (κ3) is 5.15. The summed E-state index contributed by atoms with van der Waals surface area (Å²) in [6, 6.07) is 13.1. The average Bonchev–Trinajstić information content (AvgIpc) is 3.25. The van der Waals surface area contributed by atoms with Gasteiger partial charge in [0, 0.05) is 32.1 Å². The Kier molecular flexibility index (Phi) is 6.62. The zero-order valence-corrected chi connectivity index (χ0v) is 19.9. The molecule has 9 heteroatoms. The van der Waals surface area contributed by atoms with E-state index in [1.54, 1.807) is 32.0 Å². The molecule has 0 aliphatic carbocycles. The Bertz CT molecular complexity index is 1250. The van der Waals surface area contributed by atoms with Gasteiger partial charge in [-0.3, -0.25) is 4.79 Å². The highest BCUT2D eigenvalue weighted by molar-refractivity contribution is 7.89. The summed E-state index contributed by atoms with van der Waals surface area (Å²) in [5.74, 6) is 0.243. The number of amides is 1. The Labute approximate surface area is 194 Å². The molecule has 2 aromatic carbocycles. The van der Waals surface area contributed by atoms with Crippen molar-refractivity contribution in [1.29, 1.82) is 0 Å². The van der Waals surface area contributed by atoms with Crippen molar-refractivity contribution in [2.45, 2.75) is 45.1 Å². The zero-order chi connectivity index (χ0) is 23.6. The van der Waals surface area contributed by atoms with Crippen LogP contribution in [0.25, 0.3) is 11.4 Å². The summed E-state index contributed by atoms with van der Waals surface area (Å²) in [6.45, 7) is 6.42. The van der Waals surface area contributed by atoms with E-state index in [-0.39, 0.29) is 23.3 Å². The number of rotatable bonds is 6. The number of sulfonamides is 1. The van der Waals surface area contributed by atoms with E-state index in [1.165, 1.54) is 4.31 Å². The van der Waals surface area contributed by atoms with Crippen molar-refractivity contribution in [1.82, 2.24) is 19.8 Å². The molecular weight excluding hydrogens is 440 g/mol. The van der Waals surface area contributed by atoms with Gasteiger partial charge in [-0.05, 0) is 43.9 Å². The van der Waals surface area contributed by atoms with Crippen LogP contribution >= 0.6 is 0 Å². The minimum Gasteiger partial charge on any atom is -0.352 e. The van der Waals surface area contributed by atoms with Crippen LogP contribution in [-0.4, -0.2) is 41.9 Å². The van der Waals surface area contributed by atoms with E-state index in [1.807, 2.05) is 31.2 Å². The molecule has 33 heavy (non-hydrogen) atoms. The van der Waals surface area contributed by atoms with Gasteiger partial charge in [-0.25, -0.2) is 8.42 Å². The molecule has 1 N–H and O–H groups in total. The lowest BCUT2D eigenvalue weighted by molar-refractivity contribution is -0.126. The smallest absolute Gasteiger partial charge is 0.243 e. The largest absolute Gasteiger partial charge is 0.352 e. The topological polar surface area (TPSA) is 105 Å². The van der Waals surface area contributed by atoms with E-state index in [0.29, 0.717) is 48.8 Å². The molecule has 3 aromatic rings. The standard InChI is InChI=1S/C24H28N4O4S/c1-16-6-9-19(10-7-16)14-25-24(29)21-5-4-12-28(15-21)33(30,31)22-13-20(11-8-17(22)2)23-26-18(3)32-27-23/h6-11,13,21H,4-5,12,14-15H2,1-3H3,(H,25,29). The van der Waals surface area contributed by atoms with Crippen molar-refractivity contribution in [2.75, 3.05) is 13.1 Å². The highest BCUT2D eigenvalue weighted by atomic mass is 32.2. The zero-order valence-electron chi connectivity index (χ0n) is 19.0. The van der Waals surface area contributed by atoms with E-state index in [9.17, 15) is 13.2 Å². The highest BCUT2D eigenvalue weighted by Crippen LogP contribution is 2.29. The third-order valence-corrected chi connectivity index (χ3v) is 7.94. The number of nitrogens with one attached hydrogen (secondary N) is 1. The first-order valence-corrected chi connectivity index (χ1v) is 12.4. The molecule has 1 aliphatic heterocycles. The quantitative estimate of drug-likeness (QED) is 0.595. The Hall–Kier alpha value is -3.04. The number of carbonyl (C=O) groups is 1. The summed E-state index contributed by atoms with van der Waals surface area (Å²) in [6.07, 6.45) is 1.29. The number of aryl methyl sites for hydroxylation is 3. The van der Waals surface area contributed by atoms with Crippen molar-refractivity contribution in [3.05, 3.63) is 65.0 Å². The summed E-state index contributed by atoms with van der Waals surface area (Å²) in [5, 5.41) is 6.85. The fourth-order valence-electron chi connectivity index (χ4n) is 3.99. The van der Waals surface area contributed by atoms with Gasteiger partial charge in [-0.1, -0.05) is 47.1 Å². The van der Waals surface area contributed by atoms with Crippen molar-refractivity contribution < 1.29 is 17.7 Å². The monoisotopic (exact) mass is 468 g/mol. The van der Waals surface area contributed by atoms with E-state index in [0.717, 1.165) is 11.1 Å². The maximum atomic E-state index is 13.5. The number of nitrogens with zero attached hydrogens (tertiary/aromatic N) is 3. The fraction of sp³-hybridized carbons (Fsp3) is 0.375. The van der Waals surface area contributed by atoms with Crippen LogP contribution in [0.4, 0.5) is 0 Å². The van der Waals surface area contributed by atoms with E-state index >= 15 is 0 Å². The van der Waals surface area contributed by atoms with Crippen molar-refractivity contribution >= 4 is 15.9 Å². The summed E-state index contributed by atoms with van der Waals surface area (Å²) in [5.41, 5.74) is 3.37. The molecule has 174 valence electrons. The van der Waals surface area contributed by atoms with Gasteiger partial charge in [0.2, 0.25) is 27.6 Å². The Morgan fingerprint density at radius 3 is 2.61 bits per heavy atom. The van der Waals surface area contributed by atoms with Gasteiger partial charge in [0.05, 0.1) is 10.8 Å². The second-order valence-corrected chi connectivity index (χ2v) is 10.4. The number of benzene rings is 2. The fourth-order valence-corrected chi connectivity index (χ4v) is 5.76. The SMILES string of the molecule is Cc1ccc(CNC(=O)C2CCCN(S(=O)(=O)c3cc(-c4noc(C)n4)ccc3C)C2)cc1. The number of aromatic nitrogens is 2. The maximum Gasteiger partial charge on any atom is 0.243 e. The van der Waals surface area contributed by atoms with Crippen LogP contribution in [0.3, 0.4) is 0 Å². The van der Waals surface area contributed by atoms with Crippen molar-refractivity contribution in [3.63, 3.8) is 0 Å². The minimum absolute atomic E-state index is 0.122. The van der Waals surface area contributed by atoms with Gasteiger partial charge < -0.3 is 9.84 Å². The summed E-state index contributed by atoms with van der Waals surface area (Å²) < 4.78 is 33.5. The van der Waals surface area contributed by atoms with Crippen LogP contribution in [0.15, 0.2) is 51.9 Å². The maximum absolute atomic E-state index is 13.5. The van der Waals surface area contributed by atoms with E-state index in [4.69, 9.17) is 4.52 Å². The van der Waals surface area contributed by atoms with Crippen LogP contribution in [0.2, 0.25) is 0 Å². The van der Waals surface area contributed by atoms with Crippen LogP contribution in [0, 0.1) is 26.7 Å². The van der Waals surface area contributed by atoms with Gasteiger partial charge in [0.1, 0.15) is 0 Å². The van der Waals surface area contributed by atoms with Gasteiger partial charge in [-0.2, -0.15) is 9.29 Å². The van der Waals surface area contributed by atoms with Gasteiger partial charge in [0.25, 0.3) is 0 Å². The van der Waals surface area contributed by atoms with Crippen LogP contribution in [-0.2, 0) is 21.4 Å². The molecule has 0 bridgehead atoms. The Balaban J connectivity index is 1.49. The molecule has 0 saturated carbocycles. The molecule has 1 atom stereocenters. The minimum atomic E-state index is -3.79. The molecule has 0 spiro atoms. The molecule has 1 aromatic heterocycles. The Morgan fingerprint density at radius 2 is 1.91 bits per heavy atom. The number of carbonyl (C=O) groups excluding carboxylic acids is 1. The van der Waals surface area contributed by atoms with Gasteiger partial charge in [-0.15, -0.1) is 0 Å². The van der Waals surface area contributed by atoms with Crippen LogP contribution in [0.5, 0.6) is 0 Å². The molecule has 0 radical (unpaired) electrons. The molecule has 1 aliphatic rings. The second kappa shape index (κ2) is 9.44. The normalized spacial score (nSPS) is 17.1. The molecule has 1 amide bonds. The predicted molar refractivity (Wildman–Crippen MR) is 124 cm³/mol. The number of piperidine rings is 1. The lowest BCUT2D eigenvalue weighted by Gasteiger charge is -2.31. The summed E-state index contributed by atoms with van der Waals surface area (Å²) >= 11 is 0. The first-order valence-electron chi connectivity index (χ1n) is 11.0. The lowest BCUT2D eigenvalue weighted by Crippen LogP contribution is -2.45. The number of hydrogen-bond acceptors (Lipinski definition) is 6. The average molecular weight is 469 g/mol. The first kappa shape index (κ1) is 23.1. The van der Waals surface area contributed by atoms with Crippen LogP contribution in [0.1, 0.15) is 35.4 Å². The summed E-state index contributed by atoms with van der Waals surface area (Å²) in [7, 11) is -3.79. The van der Waals surface area contributed by atoms with Gasteiger partial charge >= 0.3 is 0 Å². The molecule has 1 unspecified atom stereocenters. The molecular formula is C24H28N4O4S. The molecule has 1 saturated heterocycles. The van der Waals surface area contributed by atoms with E-state index < -0.39 is 10.0 Å². The van der Waals surface area contributed by atoms with Crippen molar-refractivity contribution in [3.8, 4) is 11.4 Å². The molecule has 4 rings (SSSR count). The molecule has 8 nitrogen and oxygen atoms in total. The first-order chi connectivity index (χ1) is 15.7. The molecule has 2 heterocycles. The lowest BCUT2D eigenvalue weighted by atomic mass is 9.98. The van der Waals surface area contributed by atoms with Gasteiger partial charge in [0.15, 0.2) is 0 Å². The van der Waals surface area contributed by atoms with E-state index in [2.05, 4.69) is 15.5 Å². The summed E-state index contributed by atoms with van der Waals surface area (Å²) in [4.78, 5) is 17.2. The van der Waals surface area contributed by atoms with Crippen LogP contribution < -0.4 is 5.32 Å². The Morgan fingerprint density at radius 1 is 1.15 bits per heavy atom. The number of hydrogen-bond donors (Lipinski definition) is 1. The molecule has 1 fully saturated rings. The highest BCUT2D eigenvalue weighted by Gasteiger charge is 2.34. The predicted octanol–water partition coefficient (Wildman–Crippen LogP) is 3.38. The van der Waals surface area contributed by atoms with Crippen molar-refractivity contribution in [2.24, 2.45) is 5.92 Å².